The zero-order chi connectivity index (χ0) is 24.0. The fourth-order valence-electron chi connectivity index (χ4n) is 4.03. The van der Waals surface area contributed by atoms with Gasteiger partial charge in [-0.15, -0.1) is 5.10 Å². The van der Waals surface area contributed by atoms with E-state index in [2.05, 4.69) is 33.7 Å². The molecule has 172 valence electrons. The lowest BCUT2D eigenvalue weighted by molar-refractivity contribution is -0.117. The molecule has 0 unspecified atom stereocenters. The number of amides is 1. The van der Waals surface area contributed by atoms with E-state index >= 15 is 0 Å². The van der Waals surface area contributed by atoms with Crippen LogP contribution in [-0.2, 0) is 11.3 Å². The number of aryl methyl sites for hydroxylation is 3. The quantitative estimate of drug-likeness (QED) is 0.438. The second-order valence-electron chi connectivity index (χ2n) is 8.36. The molecule has 3 heterocycles. The van der Waals surface area contributed by atoms with E-state index in [1.54, 1.807) is 23.0 Å². The number of ether oxygens (including phenoxy) is 1. The predicted octanol–water partition coefficient (Wildman–Crippen LogP) is 3.38. The number of carbonyl (C=O) groups is 1. The Hall–Kier alpha value is -4.40. The number of carbonyl (C=O) groups excluding carboxylic acids is 1. The first-order chi connectivity index (χ1) is 16.3. The van der Waals surface area contributed by atoms with E-state index in [1.807, 2.05) is 39.0 Å². The van der Waals surface area contributed by atoms with Crippen molar-refractivity contribution < 1.29 is 9.53 Å². The Labute approximate surface area is 195 Å². The van der Waals surface area contributed by atoms with Crippen molar-refractivity contribution in [1.82, 2.24) is 23.8 Å². The largest absolute Gasteiger partial charge is 0.495 e. The lowest BCUT2D eigenvalue weighted by Gasteiger charge is -2.10. The number of hydrogen-bond acceptors (Lipinski definition) is 5. The summed E-state index contributed by atoms with van der Waals surface area (Å²) in [6.07, 6.45) is 3.32. The van der Waals surface area contributed by atoms with Crippen LogP contribution in [0.2, 0.25) is 0 Å². The molecular formula is C25H24N6O3. The van der Waals surface area contributed by atoms with E-state index in [1.165, 1.54) is 11.5 Å². The Morgan fingerprint density at radius 2 is 1.76 bits per heavy atom. The summed E-state index contributed by atoms with van der Waals surface area (Å²) in [5.41, 5.74) is 6.28. The minimum atomic E-state index is -0.404. The molecule has 0 radical (unpaired) electrons. The van der Waals surface area contributed by atoms with Crippen molar-refractivity contribution in [3.8, 4) is 17.0 Å². The SMILES string of the molecule is COc1ccc(C)cc1NC(=O)Cn1nc2c3cc(-c4cc(C)ccc4C)nn3ccn2c1=O. The maximum Gasteiger partial charge on any atom is 0.350 e. The first-order valence-electron chi connectivity index (χ1n) is 10.8. The minimum Gasteiger partial charge on any atom is -0.495 e. The lowest BCUT2D eigenvalue weighted by atomic mass is 10.0. The summed E-state index contributed by atoms with van der Waals surface area (Å²) in [6.45, 7) is 5.76. The van der Waals surface area contributed by atoms with Gasteiger partial charge in [-0.3, -0.25) is 4.79 Å². The zero-order valence-corrected chi connectivity index (χ0v) is 19.4. The maximum atomic E-state index is 12.9. The van der Waals surface area contributed by atoms with Gasteiger partial charge in [0, 0.05) is 18.0 Å². The Bertz CT molecular complexity index is 1630. The Kier molecular flexibility index (Phi) is 5.16. The number of anilines is 1. The Morgan fingerprint density at radius 3 is 2.56 bits per heavy atom. The van der Waals surface area contributed by atoms with E-state index in [4.69, 9.17) is 4.74 Å². The van der Waals surface area contributed by atoms with E-state index in [9.17, 15) is 9.59 Å². The average Bonchev–Trinajstić information content (AvgIpc) is 3.37. The molecule has 0 fully saturated rings. The molecule has 0 aliphatic rings. The summed E-state index contributed by atoms with van der Waals surface area (Å²) < 4.78 is 9.58. The molecule has 0 aliphatic heterocycles. The molecule has 5 aromatic rings. The van der Waals surface area contributed by atoms with Crippen molar-refractivity contribution in [1.29, 1.82) is 0 Å². The zero-order valence-electron chi connectivity index (χ0n) is 19.4. The van der Waals surface area contributed by atoms with Crippen LogP contribution in [0.15, 0.2) is 59.7 Å². The molecule has 0 spiro atoms. The van der Waals surface area contributed by atoms with Crippen LogP contribution < -0.4 is 15.7 Å². The molecule has 0 bridgehead atoms. The molecule has 0 saturated heterocycles. The Balaban J connectivity index is 1.50. The van der Waals surface area contributed by atoms with Crippen molar-refractivity contribution in [2.45, 2.75) is 27.3 Å². The number of methoxy groups -OCH3 is 1. The van der Waals surface area contributed by atoms with Gasteiger partial charge >= 0.3 is 5.69 Å². The van der Waals surface area contributed by atoms with Crippen molar-refractivity contribution in [3.63, 3.8) is 0 Å². The molecule has 0 aliphatic carbocycles. The summed E-state index contributed by atoms with van der Waals surface area (Å²) in [6, 6.07) is 13.6. The van der Waals surface area contributed by atoms with E-state index < -0.39 is 5.69 Å². The molecule has 34 heavy (non-hydrogen) atoms. The van der Waals surface area contributed by atoms with Crippen LogP contribution >= 0.6 is 0 Å². The second-order valence-corrected chi connectivity index (χ2v) is 8.36. The van der Waals surface area contributed by atoms with Gasteiger partial charge in [-0.05, 0) is 56.2 Å². The number of hydrogen-bond donors (Lipinski definition) is 1. The summed E-state index contributed by atoms with van der Waals surface area (Å²) in [4.78, 5) is 25.7. The molecule has 5 rings (SSSR count). The van der Waals surface area contributed by atoms with Gasteiger partial charge in [0.2, 0.25) is 5.91 Å². The highest BCUT2D eigenvalue weighted by molar-refractivity contribution is 5.92. The third kappa shape index (κ3) is 3.71. The molecule has 9 heteroatoms. The third-order valence-electron chi connectivity index (χ3n) is 5.78. The fourth-order valence-corrected chi connectivity index (χ4v) is 4.03. The van der Waals surface area contributed by atoms with Crippen LogP contribution in [0.3, 0.4) is 0 Å². The first-order valence-corrected chi connectivity index (χ1v) is 10.8. The van der Waals surface area contributed by atoms with Gasteiger partial charge in [-0.1, -0.05) is 23.8 Å². The van der Waals surface area contributed by atoms with Crippen molar-refractivity contribution in [3.05, 3.63) is 82.0 Å². The summed E-state index contributed by atoms with van der Waals surface area (Å²) in [7, 11) is 1.54. The van der Waals surface area contributed by atoms with E-state index in [0.717, 1.165) is 32.6 Å². The molecule has 9 nitrogen and oxygen atoms in total. The number of nitrogens with one attached hydrogen (secondary N) is 1. The molecule has 0 saturated carbocycles. The van der Waals surface area contributed by atoms with Crippen LogP contribution in [0, 0.1) is 20.8 Å². The highest BCUT2D eigenvalue weighted by Gasteiger charge is 2.17. The topological polar surface area (TPSA) is 94.9 Å². The van der Waals surface area contributed by atoms with Gasteiger partial charge in [-0.2, -0.15) is 5.10 Å². The van der Waals surface area contributed by atoms with Crippen molar-refractivity contribution in [2.75, 3.05) is 12.4 Å². The van der Waals surface area contributed by atoms with Gasteiger partial charge < -0.3 is 10.1 Å². The second kappa shape index (κ2) is 8.18. The molecule has 2 aromatic carbocycles. The summed E-state index contributed by atoms with van der Waals surface area (Å²) in [5, 5.41) is 11.9. The number of rotatable bonds is 5. The van der Waals surface area contributed by atoms with Crippen LogP contribution in [0.4, 0.5) is 5.69 Å². The van der Waals surface area contributed by atoms with Gasteiger partial charge in [0.15, 0.2) is 5.65 Å². The highest BCUT2D eigenvalue weighted by atomic mass is 16.5. The maximum absolute atomic E-state index is 12.9. The van der Waals surface area contributed by atoms with E-state index in [-0.39, 0.29) is 12.5 Å². The predicted molar refractivity (Wildman–Crippen MR) is 129 cm³/mol. The smallest absolute Gasteiger partial charge is 0.350 e. The normalized spacial score (nSPS) is 11.3. The number of benzene rings is 2. The summed E-state index contributed by atoms with van der Waals surface area (Å²) >= 11 is 0. The standard InChI is InChI=1S/C25H24N6O3/c1-15-5-7-17(3)18(11-15)19-13-21-24-28-31(25(33)29(24)9-10-30(21)27-19)14-23(32)26-20-12-16(2)6-8-22(20)34-4/h5-13H,14H2,1-4H3,(H,26,32). The van der Waals surface area contributed by atoms with Crippen LogP contribution in [0.25, 0.3) is 22.4 Å². The third-order valence-corrected chi connectivity index (χ3v) is 5.78. The van der Waals surface area contributed by atoms with E-state index in [0.29, 0.717) is 22.6 Å². The summed E-state index contributed by atoms with van der Waals surface area (Å²) in [5.74, 6) is 0.163. The fraction of sp³-hybridized carbons (Fsp3) is 0.200. The molecule has 0 atom stereocenters. The van der Waals surface area contributed by atoms with Crippen LogP contribution in [0.1, 0.15) is 16.7 Å². The van der Waals surface area contributed by atoms with Gasteiger partial charge in [0.05, 0.1) is 18.5 Å². The van der Waals surface area contributed by atoms with Gasteiger partial charge in [-0.25, -0.2) is 18.4 Å². The van der Waals surface area contributed by atoms with Gasteiger partial charge in [0.25, 0.3) is 0 Å². The molecule has 1 amide bonds. The molecule has 1 N–H and O–H groups in total. The lowest BCUT2D eigenvalue weighted by Crippen LogP contribution is -2.28. The van der Waals surface area contributed by atoms with Gasteiger partial charge in [0.1, 0.15) is 17.8 Å². The monoisotopic (exact) mass is 456 g/mol. The highest BCUT2D eigenvalue weighted by Crippen LogP contribution is 2.26. The molecular weight excluding hydrogens is 432 g/mol. The Morgan fingerprint density at radius 1 is 1.00 bits per heavy atom. The number of nitrogens with zero attached hydrogens (tertiary/aromatic N) is 5. The average molecular weight is 457 g/mol. The van der Waals surface area contributed by atoms with Crippen LogP contribution in [0.5, 0.6) is 5.75 Å². The first kappa shape index (κ1) is 21.4. The minimum absolute atomic E-state index is 0.234. The number of fused-ring (bicyclic) bond motifs is 3. The van der Waals surface area contributed by atoms with Crippen molar-refractivity contribution in [2.24, 2.45) is 0 Å². The van der Waals surface area contributed by atoms with Crippen molar-refractivity contribution >= 4 is 22.8 Å². The van der Waals surface area contributed by atoms with Crippen LogP contribution in [-0.4, -0.2) is 36.8 Å². The number of aromatic nitrogens is 5. The molecule has 3 aromatic heterocycles.